The first-order chi connectivity index (χ1) is 13.0. The highest BCUT2D eigenvalue weighted by molar-refractivity contribution is 5.86. The summed E-state index contributed by atoms with van der Waals surface area (Å²) in [5.41, 5.74) is 2.72. The van der Waals surface area contributed by atoms with Crippen LogP contribution < -0.4 is 10.7 Å². The summed E-state index contributed by atoms with van der Waals surface area (Å²) in [5.74, 6) is -0.606. The largest absolute Gasteiger partial charge is 0.347 e. The average Bonchev–Trinajstić information content (AvgIpc) is 2.66. The van der Waals surface area contributed by atoms with E-state index in [1.54, 1.807) is 6.07 Å². The number of hydrogen-bond donors (Lipinski definition) is 2. The van der Waals surface area contributed by atoms with Gasteiger partial charge in [-0.1, -0.05) is 57.6 Å². The van der Waals surface area contributed by atoms with Gasteiger partial charge in [0, 0.05) is 24.1 Å². The molecule has 1 aromatic carbocycles. The molecule has 2 N–H and O–H groups in total. The molecule has 0 aliphatic rings. The minimum Gasteiger partial charge on any atom is -0.347 e. The minimum atomic E-state index is -0.503. The van der Waals surface area contributed by atoms with Gasteiger partial charge in [0.25, 0.3) is 11.6 Å². The standard InChI is InChI=1S/C19H28N4O4/c1-2-3-4-5-6-7-8-12-18(24)20-15-19(25)22-21-14-16-10-9-11-17(13-16)23(26)27/h9-11,13-14H,2-8,12,15H2,1H3,(H,20,24)(H,22,25)/b21-14+. The molecule has 1 aromatic rings. The summed E-state index contributed by atoms with van der Waals surface area (Å²) >= 11 is 0. The highest BCUT2D eigenvalue weighted by Gasteiger charge is 2.06. The van der Waals surface area contributed by atoms with Crippen molar-refractivity contribution in [2.24, 2.45) is 5.10 Å². The van der Waals surface area contributed by atoms with E-state index in [1.807, 2.05) is 0 Å². The number of nitrogens with zero attached hydrogens (tertiary/aromatic N) is 2. The molecule has 8 nitrogen and oxygen atoms in total. The maximum Gasteiger partial charge on any atom is 0.270 e. The minimum absolute atomic E-state index is 0.0529. The van der Waals surface area contributed by atoms with Crippen LogP contribution in [0.5, 0.6) is 0 Å². The van der Waals surface area contributed by atoms with Gasteiger partial charge in [-0.3, -0.25) is 19.7 Å². The Morgan fingerprint density at radius 2 is 1.81 bits per heavy atom. The van der Waals surface area contributed by atoms with Gasteiger partial charge in [0.15, 0.2) is 0 Å². The van der Waals surface area contributed by atoms with Gasteiger partial charge in [0.2, 0.25) is 5.91 Å². The third-order valence-corrected chi connectivity index (χ3v) is 3.94. The number of nitrogens with one attached hydrogen (secondary N) is 2. The van der Waals surface area contributed by atoms with Crippen LogP contribution in [-0.2, 0) is 9.59 Å². The van der Waals surface area contributed by atoms with Crippen molar-refractivity contribution in [1.29, 1.82) is 0 Å². The number of nitro benzene ring substituents is 1. The third-order valence-electron chi connectivity index (χ3n) is 3.94. The highest BCUT2D eigenvalue weighted by atomic mass is 16.6. The average molecular weight is 376 g/mol. The Hall–Kier alpha value is -2.77. The predicted molar refractivity (Wildman–Crippen MR) is 104 cm³/mol. The molecule has 0 bridgehead atoms. The second-order valence-corrected chi connectivity index (χ2v) is 6.29. The molecule has 27 heavy (non-hydrogen) atoms. The maximum atomic E-state index is 11.7. The van der Waals surface area contributed by atoms with E-state index >= 15 is 0 Å². The number of unbranched alkanes of at least 4 members (excludes halogenated alkanes) is 6. The first-order valence-corrected chi connectivity index (χ1v) is 9.36. The number of nitro groups is 1. The van der Waals surface area contributed by atoms with Crippen molar-refractivity contribution < 1.29 is 14.5 Å². The molecule has 148 valence electrons. The van der Waals surface area contributed by atoms with Gasteiger partial charge in [-0.2, -0.15) is 5.10 Å². The van der Waals surface area contributed by atoms with E-state index in [-0.39, 0.29) is 18.1 Å². The number of hydrazone groups is 1. The van der Waals surface area contributed by atoms with E-state index in [0.29, 0.717) is 12.0 Å². The van der Waals surface area contributed by atoms with E-state index in [1.165, 1.54) is 50.1 Å². The van der Waals surface area contributed by atoms with Crippen LogP contribution in [0.25, 0.3) is 0 Å². The van der Waals surface area contributed by atoms with E-state index in [9.17, 15) is 19.7 Å². The number of amides is 2. The predicted octanol–water partition coefficient (Wildman–Crippen LogP) is 3.30. The monoisotopic (exact) mass is 376 g/mol. The zero-order chi connectivity index (χ0) is 19.9. The lowest BCUT2D eigenvalue weighted by Crippen LogP contribution is -2.34. The Kier molecular flexibility index (Phi) is 11.1. The van der Waals surface area contributed by atoms with Crippen molar-refractivity contribution in [3.05, 3.63) is 39.9 Å². The molecule has 0 unspecified atom stereocenters. The van der Waals surface area contributed by atoms with Gasteiger partial charge in [0.1, 0.15) is 0 Å². The number of carbonyl (C=O) groups excluding carboxylic acids is 2. The van der Waals surface area contributed by atoms with Crippen LogP contribution in [0.4, 0.5) is 5.69 Å². The number of non-ortho nitro benzene ring substituents is 1. The van der Waals surface area contributed by atoms with Gasteiger partial charge in [-0.25, -0.2) is 5.43 Å². The van der Waals surface area contributed by atoms with Crippen molar-refractivity contribution in [2.45, 2.75) is 58.3 Å². The summed E-state index contributed by atoms with van der Waals surface area (Å²) in [6.07, 6.45) is 9.66. The summed E-state index contributed by atoms with van der Waals surface area (Å²) in [7, 11) is 0. The third kappa shape index (κ3) is 10.7. The van der Waals surface area contributed by atoms with Gasteiger partial charge in [-0.15, -0.1) is 0 Å². The fraction of sp³-hybridized carbons (Fsp3) is 0.526. The van der Waals surface area contributed by atoms with E-state index in [4.69, 9.17) is 0 Å². The van der Waals surface area contributed by atoms with Crippen LogP contribution in [-0.4, -0.2) is 29.5 Å². The number of carbonyl (C=O) groups is 2. The molecular weight excluding hydrogens is 348 g/mol. The zero-order valence-corrected chi connectivity index (χ0v) is 15.8. The molecule has 0 saturated carbocycles. The molecule has 0 atom stereocenters. The number of benzene rings is 1. The van der Waals surface area contributed by atoms with Crippen LogP contribution >= 0.6 is 0 Å². The molecular formula is C19H28N4O4. The molecule has 2 amide bonds. The normalized spacial score (nSPS) is 10.7. The highest BCUT2D eigenvalue weighted by Crippen LogP contribution is 2.11. The fourth-order valence-electron chi connectivity index (χ4n) is 2.45. The maximum absolute atomic E-state index is 11.7. The molecule has 0 heterocycles. The lowest BCUT2D eigenvalue weighted by molar-refractivity contribution is -0.384. The topological polar surface area (TPSA) is 114 Å². The first kappa shape index (κ1) is 22.3. The molecule has 0 fully saturated rings. The Labute approximate surface area is 159 Å². The zero-order valence-electron chi connectivity index (χ0n) is 15.8. The smallest absolute Gasteiger partial charge is 0.270 e. The van der Waals surface area contributed by atoms with Crippen molar-refractivity contribution in [3.8, 4) is 0 Å². The Balaban J connectivity index is 2.17. The van der Waals surface area contributed by atoms with Crippen LogP contribution in [0.2, 0.25) is 0 Å². The Bertz CT molecular complexity index is 646. The Morgan fingerprint density at radius 1 is 1.11 bits per heavy atom. The van der Waals surface area contributed by atoms with Gasteiger partial charge in [-0.05, 0) is 6.42 Å². The lowest BCUT2D eigenvalue weighted by Gasteiger charge is -2.04. The Morgan fingerprint density at radius 3 is 2.52 bits per heavy atom. The second-order valence-electron chi connectivity index (χ2n) is 6.29. The molecule has 0 aliphatic carbocycles. The van der Waals surface area contributed by atoms with Crippen LogP contribution in [0.3, 0.4) is 0 Å². The quantitative estimate of drug-likeness (QED) is 0.238. The van der Waals surface area contributed by atoms with Crippen LogP contribution in [0, 0.1) is 10.1 Å². The van der Waals surface area contributed by atoms with E-state index in [0.717, 1.165) is 19.3 Å². The summed E-state index contributed by atoms with van der Waals surface area (Å²) in [6, 6.07) is 5.88. The molecule has 0 spiro atoms. The van der Waals surface area contributed by atoms with Crippen molar-refractivity contribution in [1.82, 2.24) is 10.7 Å². The van der Waals surface area contributed by atoms with Crippen molar-refractivity contribution >= 4 is 23.7 Å². The molecule has 0 aromatic heterocycles. The van der Waals surface area contributed by atoms with Crippen LogP contribution in [0.15, 0.2) is 29.4 Å². The molecule has 0 saturated heterocycles. The summed E-state index contributed by atoms with van der Waals surface area (Å²) < 4.78 is 0. The SMILES string of the molecule is CCCCCCCCCC(=O)NCC(=O)N/N=C/c1cccc([N+](=O)[O-])c1. The summed E-state index contributed by atoms with van der Waals surface area (Å²) in [6.45, 7) is 2.03. The second kappa shape index (κ2) is 13.4. The lowest BCUT2D eigenvalue weighted by atomic mass is 10.1. The van der Waals surface area contributed by atoms with Gasteiger partial charge < -0.3 is 5.32 Å². The number of rotatable bonds is 13. The van der Waals surface area contributed by atoms with Gasteiger partial charge in [0.05, 0.1) is 17.7 Å². The summed E-state index contributed by atoms with van der Waals surface area (Å²) in [5, 5.41) is 17.0. The fourth-order valence-corrected chi connectivity index (χ4v) is 2.45. The molecule has 0 radical (unpaired) electrons. The molecule has 0 aliphatic heterocycles. The van der Waals surface area contributed by atoms with E-state index in [2.05, 4.69) is 22.8 Å². The van der Waals surface area contributed by atoms with Crippen molar-refractivity contribution in [2.75, 3.05) is 6.54 Å². The van der Waals surface area contributed by atoms with Gasteiger partial charge >= 0.3 is 0 Å². The van der Waals surface area contributed by atoms with E-state index < -0.39 is 10.8 Å². The first-order valence-electron chi connectivity index (χ1n) is 9.36. The van der Waals surface area contributed by atoms with Crippen molar-refractivity contribution in [3.63, 3.8) is 0 Å². The molecule has 1 rings (SSSR count). The molecule has 8 heteroatoms. The van der Waals surface area contributed by atoms with Crippen LogP contribution in [0.1, 0.15) is 63.9 Å². The number of hydrogen-bond acceptors (Lipinski definition) is 5. The summed E-state index contributed by atoms with van der Waals surface area (Å²) in [4.78, 5) is 33.5.